The van der Waals surface area contributed by atoms with E-state index in [1.165, 1.54) is 4.90 Å². The zero-order valence-electron chi connectivity index (χ0n) is 10.8. The minimum absolute atomic E-state index is 0.0449. The molecule has 1 saturated heterocycles. The Balaban J connectivity index is 2.73. The van der Waals surface area contributed by atoms with Crippen LogP contribution in [0.15, 0.2) is 0 Å². The summed E-state index contributed by atoms with van der Waals surface area (Å²) < 4.78 is 0. The van der Waals surface area contributed by atoms with Gasteiger partial charge in [0, 0.05) is 11.6 Å². The summed E-state index contributed by atoms with van der Waals surface area (Å²) in [6, 6.07) is -0.388. The van der Waals surface area contributed by atoms with E-state index in [1.807, 2.05) is 27.7 Å². The van der Waals surface area contributed by atoms with Crippen molar-refractivity contribution >= 4 is 11.8 Å². The van der Waals surface area contributed by atoms with Crippen LogP contribution >= 0.6 is 0 Å². The van der Waals surface area contributed by atoms with Crippen molar-refractivity contribution in [1.82, 2.24) is 10.2 Å². The van der Waals surface area contributed by atoms with Gasteiger partial charge in [-0.15, -0.1) is 0 Å². The number of hydrogen-bond acceptors (Lipinski definition) is 3. The first-order chi connectivity index (χ1) is 7.28. The molecule has 0 aromatic heterocycles. The molecule has 1 aliphatic rings. The van der Waals surface area contributed by atoms with Gasteiger partial charge in [-0.05, 0) is 34.1 Å². The number of amides is 2. The lowest BCUT2D eigenvalue weighted by Crippen LogP contribution is -2.49. The van der Waals surface area contributed by atoms with E-state index in [0.29, 0.717) is 6.42 Å². The summed E-state index contributed by atoms with van der Waals surface area (Å²) in [4.78, 5) is 25.0. The van der Waals surface area contributed by atoms with Crippen LogP contribution in [0.3, 0.4) is 0 Å². The first-order valence-corrected chi connectivity index (χ1v) is 5.92. The van der Waals surface area contributed by atoms with Crippen LogP contribution in [-0.4, -0.2) is 34.3 Å². The Bertz CT molecular complexity index is 297. The van der Waals surface area contributed by atoms with Crippen molar-refractivity contribution in [3.05, 3.63) is 0 Å². The number of nitrogens with one attached hydrogen (secondary N) is 1. The zero-order valence-corrected chi connectivity index (χ0v) is 10.8. The van der Waals surface area contributed by atoms with E-state index in [2.05, 4.69) is 12.2 Å². The molecule has 1 heterocycles. The van der Waals surface area contributed by atoms with Gasteiger partial charge in [-0.1, -0.05) is 6.92 Å². The maximum absolute atomic E-state index is 12.0. The highest BCUT2D eigenvalue weighted by Gasteiger charge is 2.41. The molecule has 92 valence electrons. The Morgan fingerprint density at radius 3 is 2.38 bits per heavy atom. The van der Waals surface area contributed by atoms with E-state index >= 15 is 0 Å². The predicted octanol–water partition coefficient (Wildman–Crippen LogP) is 1.30. The monoisotopic (exact) mass is 226 g/mol. The molecule has 0 aromatic carbocycles. The summed E-state index contributed by atoms with van der Waals surface area (Å²) in [6.07, 6.45) is 1.22. The molecule has 1 fully saturated rings. The van der Waals surface area contributed by atoms with Gasteiger partial charge in [0.05, 0.1) is 12.5 Å². The summed E-state index contributed by atoms with van der Waals surface area (Å²) >= 11 is 0. The van der Waals surface area contributed by atoms with E-state index in [4.69, 9.17) is 0 Å². The fourth-order valence-corrected chi connectivity index (χ4v) is 1.88. The number of rotatable bonds is 4. The third-order valence-electron chi connectivity index (χ3n) is 3.15. The highest BCUT2D eigenvalue weighted by atomic mass is 16.2. The second-order valence-electron chi connectivity index (χ2n) is 5.33. The predicted molar refractivity (Wildman–Crippen MR) is 62.9 cm³/mol. The Morgan fingerprint density at radius 1 is 1.44 bits per heavy atom. The quantitative estimate of drug-likeness (QED) is 0.735. The van der Waals surface area contributed by atoms with Crippen LogP contribution in [-0.2, 0) is 9.59 Å². The van der Waals surface area contributed by atoms with Crippen molar-refractivity contribution in [3.8, 4) is 0 Å². The molecule has 0 aliphatic carbocycles. The molecule has 4 heteroatoms. The molecule has 1 unspecified atom stereocenters. The SMILES string of the molecule is CCC(C)(C)NC1CC(=O)N(C(C)C)C1=O. The third kappa shape index (κ3) is 2.61. The highest BCUT2D eigenvalue weighted by Crippen LogP contribution is 2.19. The standard InChI is InChI=1S/C12H22N2O2/c1-6-12(4,5)13-9-7-10(15)14(8(2)3)11(9)16/h8-9,13H,6-7H2,1-5H3. The molecular formula is C12H22N2O2. The lowest BCUT2D eigenvalue weighted by molar-refractivity contribution is -0.140. The second kappa shape index (κ2) is 4.53. The highest BCUT2D eigenvalue weighted by molar-refractivity contribution is 6.05. The fraction of sp³-hybridized carbons (Fsp3) is 0.833. The minimum Gasteiger partial charge on any atom is -0.300 e. The van der Waals surface area contributed by atoms with E-state index in [0.717, 1.165) is 6.42 Å². The average molecular weight is 226 g/mol. The van der Waals surface area contributed by atoms with Gasteiger partial charge in [0.1, 0.15) is 0 Å². The number of nitrogens with zero attached hydrogens (tertiary/aromatic N) is 1. The summed E-state index contributed by atoms with van der Waals surface area (Å²) in [5.41, 5.74) is -0.104. The second-order valence-corrected chi connectivity index (χ2v) is 5.33. The van der Waals surface area contributed by atoms with Gasteiger partial charge in [-0.2, -0.15) is 0 Å². The van der Waals surface area contributed by atoms with Crippen molar-refractivity contribution in [2.45, 2.75) is 65.1 Å². The van der Waals surface area contributed by atoms with Crippen LogP contribution in [0, 0.1) is 0 Å². The topological polar surface area (TPSA) is 49.4 Å². The van der Waals surface area contributed by atoms with Crippen molar-refractivity contribution < 1.29 is 9.59 Å². The minimum atomic E-state index is -0.343. The molecule has 0 radical (unpaired) electrons. The maximum Gasteiger partial charge on any atom is 0.247 e. The van der Waals surface area contributed by atoms with Crippen molar-refractivity contribution in [2.75, 3.05) is 0 Å². The summed E-state index contributed by atoms with van der Waals surface area (Å²) in [5.74, 6) is -0.147. The first kappa shape index (κ1) is 13.2. The van der Waals surface area contributed by atoms with Gasteiger partial charge in [0.25, 0.3) is 0 Å². The van der Waals surface area contributed by atoms with Crippen molar-refractivity contribution in [2.24, 2.45) is 0 Å². The van der Waals surface area contributed by atoms with Crippen LogP contribution in [0.4, 0.5) is 0 Å². The van der Waals surface area contributed by atoms with Gasteiger partial charge in [-0.25, -0.2) is 0 Å². The third-order valence-corrected chi connectivity index (χ3v) is 3.15. The molecular weight excluding hydrogens is 204 g/mol. The summed E-state index contributed by atoms with van der Waals surface area (Å²) in [7, 11) is 0. The molecule has 1 N–H and O–H groups in total. The van der Waals surface area contributed by atoms with Gasteiger partial charge in [-0.3, -0.25) is 14.5 Å². The van der Waals surface area contributed by atoms with E-state index in [-0.39, 0.29) is 29.4 Å². The number of hydrogen-bond donors (Lipinski definition) is 1. The smallest absolute Gasteiger partial charge is 0.247 e. The number of carbonyl (C=O) groups is 2. The zero-order chi connectivity index (χ0) is 12.5. The lowest BCUT2D eigenvalue weighted by atomic mass is 10.00. The van der Waals surface area contributed by atoms with E-state index < -0.39 is 0 Å². The van der Waals surface area contributed by atoms with Gasteiger partial charge < -0.3 is 5.32 Å². The summed E-state index contributed by atoms with van der Waals surface area (Å²) in [5, 5.41) is 3.26. The van der Waals surface area contributed by atoms with Crippen LogP contribution in [0.2, 0.25) is 0 Å². The summed E-state index contributed by atoms with van der Waals surface area (Å²) in [6.45, 7) is 9.88. The number of imide groups is 1. The molecule has 0 spiro atoms. The van der Waals surface area contributed by atoms with Crippen molar-refractivity contribution in [3.63, 3.8) is 0 Å². The molecule has 1 aliphatic heterocycles. The first-order valence-electron chi connectivity index (χ1n) is 5.92. The fourth-order valence-electron chi connectivity index (χ4n) is 1.88. The van der Waals surface area contributed by atoms with Crippen LogP contribution in [0.25, 0.3) is 0 Å². The molecule has 2 amide bonds. The lowest BCUT2D eigenvalue weighted by Gasteiger charge is -2.28. The molecule has 0 aromatic rings. The Labute approximate surface area is 97.4 Å². The van der Waals surface area contributed by atoms with Crippen LogP contribution in [0.5, 0.6) is 0 Å². The number of likely N-dealkylation sites (tertiary alicyclic amines) is 1. The van der Waals surface area contributed by atoms with E-state index in [9.17, 15) is 9.59 Å². The Kier molecular flexibility index (Phi) is 3.73. The van der Waals surface area contributed by atoms with E-state index in [1.54, 1.807) is 0 Å². The normalized spacial score (nSPS) is 22.4. The molecule has 1 atom stereocenters. The van der Waals surface area contributed by atoms with Gasteiger partial charge in [0.15, 0.2) is 0 Å². The van der Waals surface area contributed by atoms with Crippen molar-refractivity contribution in [1.29, 1.82) is 0 Å². The average Bonchev–Trinajstić information content (AvgIpc) is 2.41. The molecule has 16 heavy (non-hydrogen) atoms. The molecule has 0 bridgehead atoms. The molecule has 4 nitrogen and oxygen atoms in total. The van der Waals surface area contributed by atoms with Gasteiger partial charge >= 0.3 is 0 Å². The van der Waals surface area contributed by atoms with Crippen LogP contribution < -0.4 is 5.32 Å². The number of carbonyl (C=O) groups excluding carboxylic acids is 2. The Hall–Kier alpha value is -0.900. The molecule has 0 saturated carbocycles. The maximum atomic E-state index is 12.0. The van der Waals surface area contributed by atoms with Gasteiger partial charge in [0.2, 0.25) is 11.8 Å². The largest absolute Gasteiger partial charge is 0.300 e. The van der Waals surface area contributed by atoms with Crippen LogP contribution in [0.1, 0.15) is 47.5 Å². The Morgan fingerprint density at radius 2 is 2.00 bits per heavy atom. The molecule has 1 rings (SSSR count).